The van der Waals surface area contributed by atoms with Crippen LogP contribution in [0.1, 0.15) is 11.4 Å². The molecule has 12 heteroatoms. The van der Waals surface area contributed by atoms with Gasteiger partial charge in [-0.15, -0.1) is 22.7 Å². The summed E-state index contributed by atoms with van der Waals surface area (Å²) in [5.74, 6) is -0.0728. The van der Waals surface area contributed by atoms with Crippen molar-refractivity contribution in [3.63, 3.8) is 0 Å². The topological polar surface area (TPSA) is 131 Å². The summed E-state index contributed by atoms with van der Waals surface area (Å²) in [6.07, 6.45) is 3.06. The predicted octanol–water partition coefficient (Wildman–Crippen LogP) is 5.87. The first-order valence-electron chi connectivity index (χ1n) is 13.0. The van der Waals surface area contributed by atoms with E-state index in [2.05, 4.69) is 97.6 Å². The van der Waals surface area contributed by atoms with Gasteiger partial charge in [0.1, 0.15) is 4.70 Å². The van der Waals surface area contributed by atoms with Crippen LogP contribution in [-0.4, -0.2) is 25.1 Å². The van der Waals surface area contributed by atoms with Crippen molar-refractivity contribution in [2.45, 2.75) is 17.9 Å². The minimum Gasteiger partial charge on any atom is -0.370 e. The third-order valence-electron chi connectivity index (χ3n) is 6.62. The monoisotopic (exact) mass is 617 g/mol. The fraction of sp³-hybridized carbons (Fsp3) is 0.138. The summed E-state index contributed by atoms with van der Waals surface area (Å²) in [5.41, 5.74) is 15.9. The van der Waals surface area contributed by atoms with Crippen molar-refractivity contribution >= 4 is 79.7 Å². The maximum Gasteiger partial charge on any atom is 0.265 e. The van der Waals surface area contributed by atoms with Gasteiger partial charge in [-0.1, -0.05) is 47.4 Å². The summed E-state index contributed by atoms with van der Waals surface area (Å²) in [5, 5.41) is 27.6. The van der Waals surface area contributed by atoms with Crippen LogP contribution in [0, 0.1) is 10.8 Å². The highest BCUT2D eigenvalue weighted by atomic mass is 32.2. The predicted molar refractivity (Wildman–Crippen MR) is 176 cm³/mol. The second-order valence-electron chi connectivity index (χ2n) is 9.37. The summed E-state index contributed by atoms with van der Waals surface area (Å²) in [6.45, 7) is 1.80. The van der Waals surface area contributed by atoms with Crippen LogP contribution in [0.15, 0.2) is 81.3 Å². The molecule has 4 heterocycles. The van der Waals surface area contributed by atoms with Crippen molar-refractivity contribution in [3.05, 3.63) is 81.5 Å². The zero-order chi connectivity index (χ0) is 28.3. The largest absolute Gasteiger partial charge is 0.370 e. The van der Waals surface area contributed by atoms with Crippen molar-refractivity contribution in [2.75, 3.05) is 18.1 Å². The van der Waals surface area contributed by atoms with Gasteiger partial charge in [-0.25, -0.2) is 0 Å². The summed E-state index contributed by atoms with van der Waals surface area (Å²) < 4.78 is 3.58. The van der Waals surface area contributed by atoms with E-state index in [1.54, 1.807) is 45.8 Å². The molecule has 6 rings (SSSR count). The lowest BCUT2D eigenvalue weighted by molar-refractivity contribution is -0.668. The van der Waals surface area contributed by atoms with E-state index >= 15 is 0 Å². The Balaban J connectivity index is 1.40. The highest BCUT2D eigenvalue weighted by Gasteiger charge is 2.29. The van der Waals surface area contributed by atoms with Gasteiger partial charge in [0.2, 0.25) is 5.52 Å². The van der Waals surface area contributed by atoms with Crippen LogP contribution in [0.3, 0.4) is 0 Å². The Labute approximate surface area is 254 Å². The molecular weight excluding hydrogens is 589 g/mol. The molecule has 0 aliphatic carbocycles. The normalized spacial score (nSPS) is 13.6. The molecule has 0 saturated carbocycles. The molecule has 1 aliphatic heterocycles. The van der Waals surface area contributed by atoms with Gasteiger partial charge in [0.05, 0.1) is 23.5 Å². The second kappa shape index (κ2) is 12.0. The van der Waals surface area contributed by atoms with Gasteiger partial charge in [-0.3, -0.25) is 10.8 Å². The van der Waals surface area contributed by atoms with Gasteiger partial charge in [0.15, 0.2) is 18.5 Å². The number of benzene rings is 2. The number of aryl methyl sites for hydroxylation is 1. The van der Waals surface area contributed by atoms with Gasteiger partial charge in [0.25, 0.3) is 5.01 Å². The van der Waals surface area contributed by atoms with Crippen LogP contribution < -0.4 is 31.6 Å². The van der Waals surface area contributed by atoms with Crippen molar-refractivity contribution < 1.29 is 4.57 Å². The summed E-state index contributed by atoms with van der Waals surface area (Å²) in [4.78, 5) is 5.83. The molecule has 0 fully saturated rings. The molecule has 0 radical (unpaired) electrons. The van der Waals surface area contributed by atoms with Gasteiger partial charge in [-0.2, -0.15) is 4.57 Å². The Morgan fingerprint density at radius 3 is 2.29 bits per heavy atom. The molecule has 0 bridgehead atoms. The molecule has 0 saturated heterocycles. The van der Waals surface area contributed by atoms with E-state index < -0.39 is 0 Å². The molecule has 0 unspecified atom stereocenters. The van der Waals surface area contributed by atoms with Crippen molar-refractivity contribution in [1.82, 2.24) is 10.6 Å². The number of thiophene rings is 2. The maximum atomic E-state index is 7.78. The van der Waals surface area contributed by atoms with Crippen LogP contribution in [0.5, 0.6) is 0 Å². The van der Waals surface area contributed by atoms with E-state index in [0.29, 0.717) is 13.2 Å². The van der Waals surface area contributed by atoms with Gasteiger partial charge in [0, 0.05) is 33.7 Å². The maximum absolute atomic E-state index is 7.78. The molecule has 0 atom stereocenters. The molecule has 2 aromatic carbocycles. The molecule has 8 nitrogen and oxygen atoms in total. The average Bonchev–Trinajstić information content (AvgIpc) is 3.76. The zero-order valence-electron chi connectivity index (χ0n) is 22.0. The molecule has 1 aliphatic rings. The van der Waals surface area contributed by atoms with E-state index in [0.717, 1.165) is 28.7 Å². The smallest absolute Gasteiger partial charge is 0.265 e. The van der Waals surface area contributed by atoms with Crippen LogP contribution in [0.2, 0.25) is 0 Å². The van der Waals surface area contributed by atoms with Gasteiger partial charge < -0.3 is 27.0 Å². The number of aromatic nitrogens is 1. The van der Waals surface area contributed by atoms with E-state index in [9.17, 15) is 0 Å². The molecule has 208 valence electrons. The third kappa shape index (κ3) is 5.96. The number of hydrogen-bond acceptors (Lipinski definition) is 7. The molecule has 3 aromatic heterocycles. The Hall–Kier alpha value is -3.84. The second-order valence-corrected chi connectivity index (χ2v) is 13.4. The number of thioether (sulfide) groups is 1. The average molecular weight is 618 g/mol. The van der Waals surface area contributed by atoms with Crippen molar-refractivity contribution in [1.29, 1.82) is 10.8 Å². The number of thiazole rings is 1. The number of fused-ring (bicyclic) bond motifs is 2. The van der Waals surface area contributed by atoms with Gasteiger partial charge in [-0.05, 0) is 52.2 Å². The van der Waals surface area contributed by atoms with Crippen LogP contribution >= 0.6 is 45.8 Å². The third-order valence-corrected chi connectivity index (χ3v) is 10.7. The van der Waals surface area contributed by atoms with E-state index in [-0.39, 0.29) is 11.9 Å². The van der Waals surface area contributed by atoms with Crippen molar-refractivity contribution in [3.8, 4) is 20.9 Å². The standard InChI is InChI=1S/C29H29N8S4/c30-28(31)34-10-3-11-36-20-14-18(22-4-1-12-38-22)6-8-24(20)40-26(36)16-27-37(17-35-29(32)33)21-15-19(7-9-25(21)41-27)23-5-2-13-39-23/h1-2,4-9,12-16H,3,10-11,17H2,(H4,30,31,34)(H4,32,33,35)/q+1. The molecule has 0 amide bonds. The fourth-order valence-electron chi connectivity index (χ4n) is 4.73. The Bertz CT molecular complexity index is 1740. The van der Waals surface area contributed by atoms with E-state index in [4.69, 9.17) is 22.3 Å². The SMILES string of the molecule is N=C(N)NCCC[n+]1c(C=C2Sc3ccc(-c4cccs4)cc3N2CNC(=N)N)sc2ccc(-c3cccs3)cc21. The molecular formula is C29H29N8S4+. The fourth-order valence-corrected chi connectivity index (χ4v) is 8.44. The first-order chi connectivity index (χ1) is 20.0. The van der Waals surface area contributed by atoms with Crippen molar-refractivity contribution in [2.24, 2.45) is 11.5 Å². The van der Waals surface area contributed by atoms with E-state index in [1.165, 1.54) is 36.0 Å². The zero-order valence-corrected chi connectivity index (χ0v) is 25.3. The lowest BCUT2D eigenvalue weighted by atomic mass is 10.1. The molecule has 5 aromatic rings. The Kier molecular flexibility index (Phi) is 7.97. The molecule has 0 spiro atoms. The number of guanidine groups is 2. The van der Waals surface area contributed by atoms with Crippen LogP contribution in [0.4, 0.5) is 5.69 Å². The number of nitrogens with zero attached hydrogens (tertiary/aromatic N) is 2. The van der Waals surface area contributed by atoms with E-state index in [1.807, 2.05) is 0 Å². The van der Waals surface area contributed by atoms with Crippen LogP contribution in [-0.2, 0) is 6.54 Å². The van der Waals surface area contributed by atoms with Crippen LogP contribution in [0.25, 0.3) is 37.2 Å². The molecule has 41 heavy (non-hydrogen) atoms. The summed E-state index contributed by atoms with van der Waals surface area (Å²) >= 11 is 6.95. The minimum atomic E-state index is -0.0618. The minimum absolute atomic E-state index is 0.0110. The number of nitrogens with one attached hydrogen (secondary N) is 4. The first-order valence-corrected chi connectivity index (χ1v) is 16.4. The number of hydrogen-bond donors (Lipinski definition) is 6. The lowest BCUT2D eigenvalue weighted by Crippen LogP contribution is -2.40. The highest BCUT2D eigenvalue weighted by molar-refractivity contribution is 8.03. The lowest BCUT2D eigenvalue weighted by Gasteiger charge is -2.21. The van der Waals surface area contributed by atoms with Gasteiger partial charge >= 0.3 is 0 Å². The summed E-state index contributed by atoms with van der Waals surface area (Å²) in [7, 11) is 0. The summed E-state index contributed by atoms with van der Waals surface area (Å²) in [6, 6.07) is 21.7. The number of anilines is 1. The quantitative estimate of drug-likeness (QED) is 0.0531. The molecule has 8 N–H and O–H groups in total. The highest BCUT2D eigenvalue weighted by Crippen LogP contribution is 2.48. The number of rotatable bonds is 9. The first kappa shape index (κ1) is 27.3. The Morgan fingerprint density at radius 2 is 1.61 bits per heavy atom. The Morgan fingerprint density at radius 1 is 0.902 bits per heavy atom. The number of nitrogens with two attached hydrogens (primary N) is 2.